The Kier molecular flexibility index (Phi) is 32.8. The molecule has 0 amide bonds. The van der Waals surface area contributed by atoms with Crippen LogP contribution in [-0.4, -0.2) is 174 Å². The van der Waals surface area contributed by atoms with Crippen LogP contribution in [0.25, 0.3) is 0 Å². The molecule has 6 aliphatic rings. The highest BCUT2D eigenvalue weighted by Gasteiger charge is 2.70. The second-order valence-corrected chi connectivity index (χ2v) is 35.8. The second kappa shape index (κ2) is 39.1. The number of unbranched alkanes of at least 4 members (excludes halogenated alkanes) is 4. The van der Waals surface area contributed by atoms with Crippen LogP contribution in [-0.2, 0) is 41.6 Å². The molecule has 0 aliphatic heterocycles. The maximum atomic E-state index is 13.2. The summed E-state index contributed by atoms with van der Waals surface area (Å²) < 4.78 is 193. The number of halogens is 12. The molecule has 0 spiro atoms. The van der Waals surface area contributed by atoms with Crippen LogP contribution in [0.15, 0.2) is 36.4 Å². The van der Waals surface area contributed by atoms with Gasteiger partial charge in [0, 0.05) is 49.3 Å². The summed E-state index contributed by atoms with van der Waals surface area (Å²) in [5.41, 5.74) is -3.03. The van der Waals surface area contributed by atoms with Gasteiger partial charge in [0.15, 0.2) is 0 Å². The van der Waals surface area contributed by atoms with Crippen LogP contribution in [0.5, 0.6) is 11.5 Å². The Labute approximate surface area is 609 Å². The minimum atomic E-state index is -5.57. The highest BCUT2D eigenvalue weighted by molar-refractivity contribution is 8.77. The predicted molar refractivity (Wildman–Crippen MR) is 382 cm³/mol. The lowest BCUT2D eigenvalue weighted by Crippen LogP contribution is -2.56. The molecule has 4 fully saturated rings. The third kappa shape index (κ3) is 22.9. The van der Waals surface area contributed by atoms with Crippen molar-refractivity contribution in [3.05, 3.63) is 58.7 Å². The number of alkyl halides is 12. The number of nitrogens with zero attached hydrogens (tertiary/aromatic N) is 2. The summed E-state index contributed by atoms with van der Waals surface area (Å²) in [5, 5.41) is 0. The molecule has 6 aliphatic carbocycles. The van der Waals surface area contributed by atoms with E-state index >= 15 is 0 Å². The van der Waals surface area contributed by atoms with Crippen LogP contribution in [0, 0.1) is 40.4 Å². The standard InChI is InChI=1S/C75H114F12N2O8S4/c1-53(18-10-13-47-99-101-49-15-36-89(7)38-45-91-57-22-26-59-55(51-57)20-24-63-61(59)32-34-69(3)65(63)28-30-67(69)93-40-17-42-95-71(5,74(82,83)84)75(85,86)87)52-97-96-43-11-8-9-12-46-98-100-48-14-35-88(6)37-44-90-56-21-25-58-54(50-56)19-23-62-60(58)31-33-68(2)64(62)27-29-66(68)92-39-16-41-94-70(4,72(76,77)78)73(79,80)81/h21-22,25-26,50-51,53,60-67H,8-20,23-24,27-49,52H2,1-7H3. The lowest BCUT2D eigenvalue weighted by atomic mass is 9.55. The van der Waals surface area contributed by atoms with Gasteiger partial charge in [0.1, 0.15) is 24.7 Å². The lowest BCUT2D eigenvalue weighted by Gasteiger charge is -2.50. The van der Waals surface area contributed by atoms with E-state index in [2.05, 4.69) is 90.5 Å². The van der Waals surface area contributed by atoms with Gasteiger partial charge in [-0.2, -0.15) is 52.7 Å². The minimum Gasteiger partial charge on any atom is -0.492 e. The summed E-state index contributed by atoms with van der Waals surface area (Å²) in [4.78, 5) is 15.8. The maximum Gasteiger partial charge on any atom is 0.426 e. The molecule has 8 rings (SSSR count). The number of benzene rings is 2. The van der Waals surface area contributed by atoms with E-state index in [1.807, 2.05) is 43.2 Å². The van der Waals surface area contributed by atoms with Gasteiger partial charge in [0.05, 0.1) is 38.6 Å². The molecule has 11 unspecified atom stereocenters. The fraction of sp³-hybridized carbons (Fsp3) is 0.840. The monoisotopic (exact) mass is 1530 g/mol. The molecular formula is C75H114F12N2O8S4. The fourth-order valence-electron chi connectivity index (χ4n) is 17.0. The first-order valence-corrected chi connectivity index (χ1v) is 42.3. The van der Waals surface area contributed by atoms with E-state index in [0.717, 1.165) is 170 Å². The first kappa shape index (κ1) is 84.9. The Morgan fingerprint density at radius 2 is 0.871 bits per heavy atom. The van der Waals surface area contributed by atoms with Gasteiger partial charge in [0.25, 0.3) is 11.2 Å². The summed E-state index contributed by atoms with van der Waals surface area (Å²) in [7, 11) is 12.2. The summed E-state index contributed by atoms with van der Waals surface area (Å²) in [5.74, 6) is 9.66. The molecule has 2 aromatic rings. The van der Waals surface area contributed by atoms with Gasteiger partial charge in [-0.1, -0.05) is 95.3 Å². The molecule has 4 saturated carbocycles. The Morgan fingerprint density at radius 3 is 1.31 bits per heavy atom. The number of aryl methyl sites for hydroxylation is 2. The van der Waals surface area contributed by atoms with E-state index in [0.29, 0.717) is 67.9 Å². The molecule has 0 heterocycles. The van der Waals surface area contributed by atoms with Crippen LogP contribution in [0.4, 0.5) is 52.7 Å². The minimum absolute atomic E-state index is 0.0399. The third-order valence-corrected chi connectivity index (χ3v) is 28.5. The first-order chi connectivity index (χ1) is 47.9. The number of likely N-dealkylation sites (N-methyl/N-ethyl adjacent to an activating group) is 2. The molecule has 0 aromatic heterocycles. The highest BCUT2D eigenvalue weighted by Crippen LogP contribution is 2.64. The number of fused-ring (bicyclic) bond motifs is 10. The molecule has 26 heteroatoms. The molecule has 101 heavy (non-hydrogen) atoms. The number of hydrogen-bond donors (Lipinski definition) is 0. The molecule has 11 atom stereocenters. The van der Waals surface area contributed by atoms with Gasteiger partial charge in [-0.05, 0) is 268 Å². The molecular weight excluding hydrogens is 1410 g/mol. The molecule has 580 valence electrons. The van der Waals surface area contributed by atoms with E-state index in [1.54, 1.807) is 0 Å². The average Bonchev–Trinajstić information content (AvgIpc) is 1.66. The maximum absolute atomic E-state index is 13.2. The van der Waals surface area contributed by atoms with Crippen LogP contribution < -0.4 is 9.47 Å². The van der Waals surface area contributed by atoms with E-state index in [9.17, 15) is 52.7 Å². The smallest absolute Gasteiger partial charge is 0.426 e. The predicted octanol–water partition coefficient (Wildman–Crippen LogP) is 20.9. The third-order valence-electron chi connectivity index (χ3n) is 23.4. The van der Waals surface area contributed by atoms with E-state index in [1.165, 1.54) is 47.9 Å². The van der Waals surface area contributed by atoms with Crippen molar-refractivity contribution in [3.63, 3.8) is 0 Å². The van der Waals surface area contributed by atoms with Gasteiger partial charge in [-0.25, -0.2) is 9.78 Å². The lowest BCUT2D eigenvalue weighted by molar-refractivity contribution is -0.374. The van der Waals surface area contributed by atoms with Gasteiger partial charge in [-0.15, -0.1) is 0 Å². The Bertz CT molecular complexity index is 2750. The van der Waals surface area contributed by atoms with Crippen molar-refractivity contribution in [2.75, 3.05) is 116 Å². The van der Waals surface area contributed by atoms with Gasteiger partial charge < -0.3 is 38.2 Å². The number of ether oxygens (including phenoxy) is 6. The summed E-state index contributed by atoms with van der Waals surface area (Å²) in [6.45, 7) is 11.8. The van der Waals surface area contributed by atoms with Crippen LogP contribution in [0.2, 0.25) is 0 Å². The summed E-state index contributed by atoms with van der Waals surface area (Å²) in [6, 6.07) is 13.2. The molecule has 0 bridgehead atoms. The Hall–Kier alpha value is -1.72. The van der Waals surface area contributed by atoms with Gasteiger partial charge >= 0.3 is 24.7 Å². The Morgan fingerprint density at radius 1 is 0.455 bits per heavy atom. The molecule has 10 nitrogen and oxygen atoms in total. The topological polar surface area (TPSA) is 80.3 Å². The molecule has 0 N–H and O–H groups in total. The summed E-state index contributed by atoms with van der Waals surface area (Å²) in [6.07, 6.45) is -0.467. The Balaban J connectivity index is 0.550. The zero-order chi connectivity index (χ0) is 73.1. The number of hydrogen-bond acceptors (Lipinski definition) is 14. The molecule has 0 radical (unpaired) electrons. The first-order valence-electron chi connectivity index (χ1n) is 37.3. The van der Waals surface area contributed by atoms with Crippen LogP contribution in [0.3, 0.4) is 0 Å². The zero-order valence-electron chi connectivity index (χ0n) is 60.6. The highest BCUT2D eigenvalue weighted by atomic mass is 33.1. The van der Waals surface area contributed by atoms with Gasteiger partial charge in [0.2, 0.25) is 0 Å². The van der Waals surface area contributed by atoms with Crippen molar-refractivity contribution in [1.82, 2.24) is 9.80 Å². The van der Waals surface area contributed by atoms with Crippen molar-refractivity contribution in [2.45, 2.75) is 242 Å². The zero-order valence-corrected chi connectivity index (χ0v) is 63.8. The van der Waals surface area contributed by atoms with Crippen molar-refractivity contribution in [1.29, 1.82) is 0 Å². The quantitative estimate of drug-likeness (QED) is 0.0208. The normalized spacial score (nSPS) is 25.8. The van der Waals surface area contributed by atoms with Crippen molar-refractivity contribution >= 4 is 43.2 Å². The van der Waals surface area contributed by atoms with Crippen molar-refractivity contribution < 1.29 is 90.9 Å². The SMILES string of the molecule is CC(CCCCSSCCCN(C)CCOc1ccc2c(c1)CCC1C2CCC2(C)C(OCCCOC(C)(C(F)(F)F)C(F)(F)F)CCC12)COOCCCCCCSSCCCN(C)CCOc1ccc2c(c1)CCC1C2CCC2(C)C(OCCCOC(C)(C(F)(F)F)C(F)(F)F)CCC12. The van der Waals surface area contributed by atoms with Crippen LogP contribution >= 0.6 is 43.2 Å². The van der Waals surface area contributed by atoms with Gasteiger partial charge in [-0.3, -0.25) is 0 Å². The largest absolute Gasteiger partial charge is 0.492 e. The fourth-order valence-corrected chi connectivity index (χ4v) is 21.5. The summed E-state index contributed by atoms with van der Waals surface area (Å²) >= 11 is 0. The molecule has 2 aromatic carbocycles. The van der Waals surface area contributed by atoms with E-state index < -0.39 is 49.1 Å². The van der Waals surface area contributed by atoms with Crippen molar-refractivity contribution in [3.8, 4) is 11.5 Å². The van der Waals surface area contributed by atoms with Crippen molar-refractivity contribution in [2.24, 2.45) is 40.4 Å². The van der Waals surface area contributed by atoms with E-state index in [4.69, 9.17) is 28.7 Å². The molecule has 0 saturated heterocycles. The van der Waals surface area contributed by atoms with Crippen LogP contribution in [0.1, 0.15) is 204 Å². The average molecular weight is 1530 g/mol. The number of rotatable bonds is 45. The second-order valence-electron chi connectivity index (χ2n) is 30.4. The van der Waals surface area contributed by atoms with E-state index in [-0.39, 0.29) is 62.9 Å².